The van der Waals surface area contributed by atoms with Crippen LogP contribution in [0.5, 0.6) is 0 Å². The Balaban J connectivity index is 1.55. The number of nitrogens with zero attached hydrogens (tertiary/aromatic N) is 2. The minimum atomic E-state index is -0.466. The highest BCUT2D eigenvalue weighted by Gasteiger charge is 2.36. The monoisotopic (exact) mass is 304 g/mol. The second-order valence-electron chi connectivity index (χ2n) is 6.24. The summed E-state index contributed by atoms with van der Waals surface area (Å²) in [5, 5.41) is 10.4. The molecule has 0 bridgehead atoms. The van der Waals surface area contributed by atoms with Gasteiger partial charge in [0.25, 0.3) is 0 Å². The summed E-state index contributed by atoms with van der Waals surface area (Å²) in [4.78, 5) is 16.2. The van der Waals surface area contributed by atoms with Gasteiger partial charge in [-0.3, -0.25) is 14.6 Å². The van der Waals surface area contributed by atoms with Crippen molar-refractivity contribution in [3.05, 3.63) is 35.9 Å². The molecular weight excluding hydrogens is 280 g/mol. The molecule has 5 nitrogen and oxygen atoms in total. The molecule has 2 heterocycles. The van der Waals surface area contributed by atoms with E-state index in [1.54, 1.807) is 0 Å². The number of hydrogen-bond donors (Lipinski definition) is 1. The lowest BCUT2D eigenvalue weighted by Crippen LogP contribution is -2.56. The molecule has 1 aromatic rings. The maximum absolute atomic E-state index is 11.7. The number of aliphatic hydroxyl groups is 1. The van der Waals surface area contributed by atoms with Crippen molar-refractivity contribution in [1.82, 2.24) is 9.80 Å². The molecule has 3 atom stereocenters. The molecule has 120 valence electrons. The van der Waals surface area contributed by atoms with Gasteiger partial charge in [-0.15, -0.1) is 0 Å². The molecule has 5 heteroatoms. The summed E-state index contributed by atoms with van der Waals surface area (Å²) < 4.78 is 5.07. The highest BCUT2D eigenvalue weighted by molar-refractivity contribution is 5.77. The Labute approximate surface area is 131 Å². The zero-order valence-electron chi connectivity index (χ0n) is 13.0. The van der Waals surface area contributed by atoms with Crippen molar-refractivity contribution in [3.8, 4) is 0 Å². The zero-order valence-corrected chi connectivity index (χ0v) is 13.0. The molecule has 0 aliphatic carbocycles. The summed E-state index contributed by atoms with van der Waals surface area (Å²) in [6, 6.07) is 10.0. The number of cyclic esters (lactones) is 1. The fourth-order valence-corrected chi connectivity index (χ4v) is 3.40. The molecule has 2 aliphatic heterocycles. The van der Waals surface area contributed by atoms with Crippen molar-refractivity contribution in [1.29, 1.82) is 0 Å². The maximum atomic E-state index is 11.7. The lowest BCUT2D eigenvalue weighted by Gasteiger charge is -2.42. The van der Waals surface area contributed by atoms with Crippen LogP contribution in [0.25, 0.3) is 0 Å². The van der Waals surface area contributed by atoms with Crippen LogP contribution in [0, 0.1) is 0 Å². The molecule has 0 unspecified atom stereocenters. The van der Waals surface area contributed by atoms with Crippen molar-refractivity contribution >= 4 is 5.97 Å². The molecule has 0 aromatic heterocycles. The summed E-state index contributed by atoms with van der Waals surface area (Å²) in [5.41, 5.74) is 0.955. The van der Waals surface area contributed by atoms with E-state index >= 15 is 0 Å². The third kappa shape index (κ3) is 3.32. The summed E-state index contributed by atoms with van der Waals surface area (Å²) in [6.45, 7) is 5.91. The Morgan fingerprint density at radius 1 is 1.32 bits per heavy atom. The van der Waals surface area contributed by atoms with Crippen LogP contribution in [-0.2, 0) is 9.53 Å². The summed E-state index contributed by atoms with van der Waals surface area (Å²) in [7, 11) is 0. The Hall–Kier alpha value is -1.43. The van der Waals surface area contributed by atoms with Crippen LogP contribution in [0.2, 0.25) is 0 Å². The highest BCUT2D eigenvalue weighted by atomic mass is 16.5. The van der Waals surface area contributed by atoms with E-state index in [-0.39, 0.29) is 12.0 Å². The molecule has 0 radical (unpaired) electrons. The molecule has 3 rings (SSSR count). The molecule has 1 N–H and O–H groups in total. The SMILES string of the molecule is C[C@@H]1CN([C@@H]2CCOC2=O)CCN1C[C@@H](O)c1ccccc1. The molecule has 2 fully saturated rings. The van der Waals surface area contributed by atoms with Crippen molar-refractivity contribution < 1.29 is 14.6 Å². The van der Waals surface area contributed by atoms with Gasteiger partial charge in [-0.1, -0.05) is 30.3 Å². The van der Waals surface area contributed by atoms with Gasteiger partial charge in [-0.25, -0.2) is 0 Å². The van der Waals surface area contributed by atoms with Gasteiger partial charge in [0.1, 0.15) is 6.04 Å². The van der Waals surface area contributed by atoms with Crippen LogP contribution < -0.4 is 0 Å². The number of ether oxygens (including phenoxy) is 1. The molecule has 0 saturated carbocycles. The first kappa shape index (κ1) is 15.5. The lowest BCUT2D eigenvalue weighted by atomic mass is 10.1. The molecule has 0 amide bonds. The van der Waals surface area contributed by atoms with Gasteiger partial charge in [-0.2, -0.15) is 0 Å². The predicted octanol–water partition coefficient (Wildman–Crippen LogP) is 1.04. The van der Waals surface area contributed by atoms with Gasteiger partial charge in [-0.05, 0) is 12.5 Å². The minimum Gasteiger partial charge on any atom is -0.464 e. The number of hydrogen-bond acceptors (Lipinski definition) is 5. The summed E-state index contributed by atoms with van der Waals surface area (Å²) in [5.74, 6) is -0.0787. The number of benzene rings is 1. The molecule has 22 heavy (non-hydrogen) atoms. The Morgan fingerprint density at radius 2 is 2.09 bits per heavy atom. The van der Waals surface area contributed by atoms with Crippen molar-refractivity contribution in [2.24, 2.45) is 0 Å². The van der Waals surface area contributed by atoms with Gasteiger partial charge in [0, 0.05) is 38.6 Å². The largest absolute Gasteiger partial charge is 0.464 e. The lowest BCUT2D eigenvalue weighted by molar-refractivity contribution is -0.143. The zero-order chi connectivity index (χ0) is 15.5. The van der Waals surface area contributed by atoms with E-state index < -0.39 is 6.10 Å². The van der Waals surface area contributed by atoms with E-state index in [4.69, 9.17) is 4.74 Å². The van der Waals surface area contributed by atoms with Crippen LogP contribution in [0.15, 0.2) is 30.3 Å². The van der Waals surface area contributed by atoms with Crippen LogP contribution in [0.3, 0.4) is 0 Å². The van der Waals surface area contributed by atoms with E-state index in [9.17, 15) is 9.90 Å². The van der Waals surface area contributed by atoms with E-state index in [1.165, 1.54) is 0 Å². The van der Waals surface area contributed by atoms with Crippen LogP contribution >= 0.6 is 0 Å². The van der Waals surface area contributed by atoms with E-state index in [0.29, 0.717) is 19.2 Å². The number of rotatable bonds is 4. The molecule has 2 saturated heterocycles. The first-order valence-electron chi connectivity index (χ1n) is 8.03. The van der Waals surface area contributed by atoms with E-state index in [2.05, 4.69) is 16.7 Å². The number of carbonyl (C=O) groups is 1. The van der Waals surface area contributed by atoms with E-state index in [0.717, 1.165) is 31.6 Å². The number of carbonyl (C=O) groups excluding carboxylic acids is 1. The molecule has 0 spiro atoms. The van der Waals surface area contributed by atoms with Crippen molar-refractivity contribution in [2.75, 3.05) is 32.8 Å². The predicted molar refractivity (Wildman–Crippen MR) is 83.4 cm³/mol. The molecule has 2 aliphatic rings. The second kappa shape index (κ2) is 6.77. The van der Waals surface area contributed by atoms with Gasteiger partial charge in [0.15, 0.2) is 0 Å². The van der Waals surface area contributed by atoms with Gasteiger partial charge >= 0.3 is 5.97 Å². The number of esters is 1. The van der Waals surface area contributed by atoms with Gasteiger partial charge < -0.3 is 9.84 Å². The van der Waals surface area contributed by atoms with Gasteiger partial charge in [0.2, 0.25) is 0 Å². The van der Waals surface area contributed by atoms with E-state index in [1.807, 2.05) is 30.3 Å². The van der Waals surface area contributed by atoms with Crippen molar-refractivity contribution in [3.63, 3.8) is 0 Å². The standard InChI is InChI=1S/C17H24N2O3/c1-13-11-19(15-7-10-22-17(15)21)9-8-18(13)12-16(20)14-5-3-2-4-6-14/h2-6,13,15-16,20H,7-12H2,1H3/t13-,15-,16-/m1/s1. The molecule has 1 aromatic carbocycles. The molecular formula is C17H24N2O3. The second-order valence-corrected chi connectivity index (χ2v) is 6.24. The van der Waals surface area contributed by atoms with Crippen LogP contribution in [0.4, 0.5) is 0 Å². The summed E-state index contributed by atoms with van der Waals surface area (Å²) >= 11 is 0. The third-order valence-corrected chi connectivity index (χ3v) is 4.74. The first-order valence-corrected chi connectivity index (χ1v) is 8.03. The van der Waals surface area contributed by atoms with Crippen LogP contribution in [0.1, 0.15) is 25.0 Å². The maximum Gasteiger partial charge on any atom is 0.323 e. The highest BCUT2D eigenvalue weighted by Crippen LogP contribution is 2.21. The third-order valence-electron chi connectivity index (χ3n) is 4.74. The topological polar surface area (TPSA) is 53.0 Å². The smallest absolute Gasteiger partial charge is 0.323 e. The fourth-order valence-electron chi connectivity index (χ4n) is 3.40. The summed E-state index contributed by atoms with van der Waals surface area (Å²) in [6.07, 6.45) is 0.338. The Bertz CT molecular complexity index is 508. The quantitative estimate of drug-likeness (QED) is 0.843. The Morgan fingerprint density at radius 3 is 2.73 bits per heavy atom. The fraction of sp³-hybridized carbons (Fsp3) is 0.588. The van der Waals surface area contributed by atoms with Crippen LogP contribution in [-0.4, -0.2) is 65.7 Å². The minimum absolute atomic E-state index is 0.0661. The Kier molecular flexibility index (Phi) is 4.76. The number of β-amino-alcohol motifs (C(OH)–C–C–N with tert-alkyl or cyclic N) is 1. The first-order chi connectivity index (χ1) is 10.6. The normalized spacial score (nSPS) is 28.5. The van der Waals surface area contributed by atoms with Crippen molar-refractivity contribution in [2.45, 2.75) is 31.5 Å². The average Bonchev–Trinajstić information content (AvgIpc) is 2.96. The number of piperazine rings is 1. The number of aliphatic hydroxyl groups excluding tert-OH is 1. The van der Waals surface area contributed by atoms with Gasteiger partial charge in [0.05, 0.1) is 12.7 Å². The average molecular weight is 304 g/mol.